The molecule has 1 fully saturated rings. The lowest BCUT2D eigenvalue weighted by Crippen LogP contribution is -2.44. The van der Waals surface area contributed by atoms with E-state index in [0.717, 1.165) is 57.5 Å². The summed E-state index contributed by atoms with van der Waals surface area (Å²) < 4.78 is 10.8. The van der Waals surface area contributed by atoms with Crippen molar-refractivity contribution in [2.75, 3.05) is 60.6 Å². The highest BCUT2D eigenvalue weighted by Gasteiger charge is 2.26. The Morgan fingerprint density at radius 1 is 1.33 bits per heavy atom. The Kier molecular flexibility index (Phi) is 8.88. The molecule has 0 saturated carbocycles. The van der Waals surface area contributed by atoms with Gasteiger partial charge in [0.1, 0.15) is 5.75 Å². The molecule has 152 valence electrons. The molecule has 0 aliphatic carbocycles. The van der Waals surface area contributed by atoms with Crippen LogP contribution in [-0.2, 0) is 4.74 Å². The molecule has 6 heteroatoms. The fraction of sp³-hybridized carbons (Fsp3) is 0.667. The largest absolute Gasteiger partial charge is 0.497 e. The Labute approximate surface area is 164 Å². The summed E-state index contributed by atoms with van der Waals surface area (Å²) >= 11 is 0. The molecule has 1 heterocycles. The zero-order valence-corrected chi connectivity index (χ0v) is 17.6. The highest BCUT2D eigenvalue weighted by atomic mass is 16.5. The van der Waals surface area contributed by atoms with Crippen LogP contribution in [0.1, 0.15) is 31.9 Å². The smallest absolute Gasteiger partial charge is 0.193 e. The van der Waals surface area contributed by atoms with Crippen LogP contribution in [0.4, 0.5) is 0 Å². The van der Waals surface area contributed by atoms with E-state index in [1.165, 1.54) is 5.56 Å². The van der Waals surface area contributed by atoms with Crippen LogP contribution in [0.15, 0.2) is 29.3 Å². The first kappa shape index (κ1) is 21.5. The maximum absolute atomic E-state index is 5.43. The second kappa shape index (κ2) is 11.1. The Morgan fingerprint density at radius 2 is 2.11 bits per heavy atom. The quantitative estimate of drug-likeness (QED) is 0.530. The number of likely N-dealkylation sites (tertiary alicyclic amines) is 1. The minimum Gasteiger partial charge on any atom is -0.497 e. The van der Waals surface area contributed by atoms with Crippen molar-refractivity contribution >= 4 is 5.96 Å². The van der Waals surface area contributed by atoms with E-state index in [1.807, 2.05) is 13.1 Å². The maximum atomic E-state index is 5.43. The van der Waals surface area contributed by atoms with Crippen LogP contribution in [0, 0.1) is 5.92 Å². The van der Waals surface area contributed by atoms with Crippen LogP contribution in [0.2, 0.25) is 0 Å². The van der Waals surface area contributed by atoms with Crippen LogP contribution in [0.3, 0.4) is 0 Å². The summed E-state index contributed by atoms with van der Waals surface area (Å²) in [6.45, 7) is 10.1. The lowest BCUT2D eigenvalue weighted by atomic mass is 10.0. The van der Waals surface area contributed by atoms with E-state index in [9.17, 15) is 0 Å². The average molecular weight is 377 g/mol. The summed E-state index contributed by atoms with van der Waals surface area (Å²) in [7, 11) is 5.36. The van der Waals surface area contributed by atoms with Crippen molar-refractivity contribution in [3.05, 3.63) is 29.8 Å². The summed E-state index contributed by atoms with van der Waals surface area (Å²) in [6.07, 6.45) is 1.16. The second-order valence-corrected chi connectivity index (χ2v) is 7.00. The van der Waals surface area contributed by atoms with E-state index in [4.69, 9.17) is 9.47 Å². The molecule has 0 spiro atoms. The Hall–Kier alpha value is -1.79. The second-order valence-electron chi connectivity index (χ2n) is 7.00. The van der Waals surface area contributed by atoms with Gasteiger partial charge in [0.25, 0.3) is 0 Å². The van der Waals surface area contributed by atoms with Gasteiger partial charge in [0, 0.05) is 39.7 Å². The molecule has 0 bridgehead atoms. The molecule has 1 aliphatic rings. The number of hydrogen-bond donors (Lipinski definition) is 1. The summed E-state index contributed by atoms with van der Waals surface area (Å²) in [6, 6.07) is 8.65. The number of nitrogens with one attached hydrogen (secondary N) is 1. The van der Waals surface area contributed by atoms with Crippen molar-refractivity contribution < 1.29 is 9.47 Å². The zero-order chi connectivity index (χ0) is 19.6. The van der Waals surface area contributed by atoms with Gasteiger partial charge in [-0.05, 0) is 37.2 Å². The molecule has 1 aliphatic heterocycles. The van der Waals surface area contributed by atoms with E-state index in [-0.39, 0.29) is 6.04 Å². The van der Waals surface area contributed by atoms with Gasteiger partial charge in [-0.3, -0.25) is 9.89 Å². The SMILES string of the molecule is CCN(CC)C(CNC(=NC)N1CCC(COC)C1)c1cccc(OC)c1. The third kappa shape index (κ3) is 5.84. The third-order valence-corrected chi connectivity index (χ3v) is 5.38. The molecule has 2 unspecified atom stereocenters. The van der Waals surface area contributed by atoms with Crippen molar-refractivity contribution in [1.29, 1.82) is 0 Å². The summed E-state index contributed by atoms with van der Waals surface area (Å²) in [5, 5.41) is 3.61. The van der Waals surface area contributed by atoms with E-state index in [0.29, 0.717) is 5.92 Å². The van der Waals surface area contributed by atoms with Crippen LogP contribution in [0.25, 0.3) is 0 Å². The van der Waals surface area contributed by atoms with E-state index >= 15 is 0 Å². The first-order valence-corrected chi connectivity index (χ1v) is 9.99. The van der Waals surface area contributed by atoms with Gasteiger partial charge in [-0.2, -0.15) is 0 Å². The predicted octanol–water partition coefficient (Wildman–Crippen LogP) is 2.62. The number of nitrogens with zero attached hydrogens (tertiary/aromatic N) is 3. The van der Waals surface area contributed by atoms with Gasteiger partial charge in [-0.15, -0.1) is 0 Å². The number of guanidine groups is 1. The molecular formula is C21H36N4O2. The molecule has 0 aromatic heterocycles. The summed E-state index contributed by atoms with van der Waals surface area (Å²) in [5.41, 5.74) is 1.26. The number of hydrogen-bond acceptors (Lipinski definition) is 4. The zero-order valence-electron chi connectivity index (χ0n) is 17.6. The molecule has 1 saturated heterocycles. The summed E-state index contributed by atoms with van der Waals surface area (Å²) in [5.74, 6) is 2.47. The molecule has 0 radical (unpaired) electrons. The minimum absolute atomic E-state index is 0.268. The number of aliphatic imine (C=N–C) groups is 1. The third-order valence-electron chi connectivity index (χ3n) is 5.38. The van der Waals surface area contributed by atoms with E-state index < -0.39 is 0 Å². The van der Waals surface area contributed by atoms with Crippen LogP contribution >= 0.6 is 0 Å². The minimum atomic E-state index is 0.268. The molecule has 6 nitrogen and oxygen atoms in total. The number of ether oxygens (including phenoxy) is 2. The van der Waals surface area contributed by atoms with Gasteiger partial charge in [-0.1, -0.05) is 26.0 Å². The molecule has 1 aromatic rings. The average Bonchev–Trinajstić information content (AvgIpc) is 3.16. The molecule has 27 heavy (non-hydrogen) atoms. The van der Waals surface area contributed by atoms with Crippen molar-refractivity contribution in [3.63, 3.8) is 0 Å². The molecule has 0 amide bonds. The standard InChI is InChI=1S/C21H36N4O2/c1-6-24(7-2)20(18-9-8-10-19(13-18)27-5)14-23-21(22-3)25-12-11-17(15-25)16-26-4/h8-10,13,17,20H,6-7,11-12,14-16H2,1-5H3,(H,22,23). The summed E-state index contributed by atoms with van der Waals surface area (Å²) in [4.78, 5) is 9.33. The monoisotopic (exact) mass is 376 g/mol. The fourth-order valence-corrected chi connectivity index (χ4v) is 3.89. The van der Waals surface area contributed by atoms with Crippen LogP contribution < -0.4 is 10.1 Å². The lowest BCUT2D eigenvalue weighted by molar-refractivity contribution is 0.157. The first-order valence-electron chi connectivity index (χ1n) is 9.99. The Bertz CT molecular complexity index is 589. The molecule has 1 N–H and O–H groups in total. The van der Waals surface area contributed by atoms with Crippen molar-refractivity contribution in [1.82, 2.24) is 15.1 Å². The van der Waals surface area contributed by atoms with Gasteiger partial charge >= 0.3 is 0 Å². The van der Waals surface area contributed by atoms with Crippen LogP contribution in [-0.4, -0.2) is 76.4 Å². The maximum Gasteiger partial charge on any atom is 0.193 e. The van der Waals surface area contributed by atoms with Gasteiger partial charge in [-0.25, -0.2) is 0 Å². The number of benzene rings is 1. The highest BCUT2D eigenvalue weighted by molar-refractivity contribution is 5.80. The molecule has 2 rings (SSSR count). The Balaban J connectivity index is 2.08. The molecular weight excluding hydrogens is 340 g/mol. The van der Waals surface area contributed by atoms with E-state index in [2.05, 4.69) is 52.2 Å². The Morgan fingerprint density at radius 3 is 2.74 bits per heavy atom. The number of rotatable bonds is 9. The molecule has 1 aromatic carbocycles. The van der Waals surface area contributed by atoms with Crippen LogP contribution in [0.5, 0.6) is 5.75 Å². The van der Waals surface area contributed by atoms with Crippen molar-refractivity contribution in [3.8, 4) is 5.75 Å². The predicted molar refractivity (Wildman–Crippen MR) is 112 cm³/mol. The number of methoxy groups -OCH3 is 2. The fourth-order valence-electron chi connectivity index (χ4n) is 3.89. The normalized spacial score (nSPS) is 18.8. The van der Waals surface area contributed by atoms with Crippen molar-refractivity contribution in [2.45, 2.75) is 26.3 Å². The van der Waals surface area contributed by atoms with Gasteiger partial charge < -0.3 is 19.7 Å². The first-order chi connectivity index (χ1) is 13.2. The van der Waals surface area contributed by atoms with Crippen molar-refractivity contribution in [2.24, 2.45) is 10.9 Å². The van der Waals surface area contributed by atoms with Gasteiger partial charge in [0.15, 0.2) is 5.96 Å². The van der Waals surface area contributed by atoms with E-state index in [1.54, 1.807) is 14.2 Å². The van der Waals surface area contributed by atoms with Gasteiger partial charge in [0.2, 0.25) is 0 Å². The number of likely N-dealkylation sites (N-methyl/N-ethyl adjacent to an activating group) is 1. The molecule has 2 atom stereocenters. The lowest BCUT2D eigenvalue weighted by Gasteiger charge is -2.32. The highest BCUT2D eigenvalue weighted by Crippen LogP contribution is 2.24. The topological polar surface area (TPSA) is 49.3 Å². The van der Waals surface area contributed by atoms with Gasteiger partial charge in [0.05, 0.1) is 19.8 Å².